The molecule has 1 aromatic carbocycles. The summed E-state index contributed by atoms with van der Waals surface area (Å²) >= 11 is 1.33. The highest BCUT2D eigenvalue weighted by molar-refractivity contribution is 7.17. The molecule has 3 aromatic heterocycles. The van der Waals surface area contributed by atoms with Crippen LogP contribution in [0.4, 0.5) is 0 Å². The van der Waals surface area contributed by atoms with E-state index in [2.05, 4.69) is 22.0 Å². The monoisotopic (exact) mass is 437 g/mol. The molecule has 0 aliphatic heterocycles. The normalized spacial score (nSPS) is 11.3. The maximum atomic E-state index is 13.3. The molecule has 4 aromatic rings. The SMILES string of the molecule is CCCCCn1nc(C(=O)N(C)Cc2nc3ccsc3c(=O)[nH]2)c2ccccc2c1=O. The van der Waals surface area contributed by atoms with Crippen molar-refractivity contribution in [2.45, 2.75) is 39.3 Å². The molecule has 4 rings (SSSR count). The lowest BCUT2D eigenvalue weighted by molar-refractivity contribution is 0.0775. The van der Waals surface area contributed by atoms with Gasteiger partial charge in [0.05, 0.1) is 17.4 Å². The third kappa shape index (κ3) is 4.13. The molecule has 0 fully saturated rings. The molecule has 0 atom stereocenters. The summed E-state index contributed by atoms with van der Waals surface area (Å²) < 4.78 is 1.95. The number of carbonyl (C=O) groups excluding carboxylic acids is 1. The van der Waals surface area contributed by atoms with Gasteiger partial charge in [0.25, 0.3) is 17.0 Å². The molecule has 8 nitrogen and oxygen atoms in total. The van der Waals surface area contributed by atoms with Gasteiger partial charge in [-0.05, 0) is 23.9 Å². The van der Waals surface area contributed by atoms with Crippen LogP contribution in [0.3, 0.4) is 0 Å². The predicted molar refractivity (Wildman–Crippen MR) is 122 cm³/mol. The number of carbonyl (C=O) groups is 1. The molecule has 0 radical (unpaired) electrons. The summed E-state index contributed by atoms with van der Waals surface area (Å²) in [5.74, 6) is 0.0563. The van der Waals surface area contributed by atoms with Crippen LogP contribution in [0.25, 0.3) is 21.0 Å². The fourth-order valence-corrected chi connectivity index (χ4v) is 4.26. The Morgan fingerprint density at radius 2 is 1.94 bits per heavy atom. The number of thiophene rings is 1. The number of H-pyrrole nitrogens is 1. The van der Waals surface area contributed by atoms with Crippen molar-refractivity contribution in [2.24, 2.45) is 0 Å². The first-order chi connectivity index (χ1) is 15.0. The van der Waals surface area contributed by atoms with Crippen LogP contribution < -0.4 is 11.1 Å². The van der Waals surface area contributed by atoms with Crippen LogP contribution in [0, 0.1) is 0 Å². The molecule has 31 heavy (non-hydrogen) atoms. The van der Waals surface area contributed by atoms with Gasteiger partial charge in [-0.15, -0.1) is 11.3 Å². The van der Waals surface area contributed by atoms with Gasteiger partial charge in [0.15, 0.2) is 5.69 Å². The molecule has 0 unspecified atom stereocenters. The van der Waals surface area contributed by atoms with Gasteiger partial charge >= 0.3 is 0 Å². The average Bonchev–Trinajstić information content (AvgIpc) is 3.24. The molecular formula is C22H23N5O3S. The number of aromatic nitrogens is 4. The van der Waals surface area contributed by atoms with Crippen LogP contribution in [0.2, 0.25) is 0 Å². The van der Waals surface area contributed by atoms with E-state index in [9.17, 15) is 14.4 Å². The van der Waals surface area contributed by atoms with E-state index >= 15 is 0 Å². The molecule has 0 spiro atoms. The highest BCUT2D eigenvalue weighted by Gasteiger charge is 2.21. The van der Waals surface area contributed by atoms with E-state index in [1.165, 1.54) is 20.9 Å². The molecule has 3 heterocycles. The lowest BCUT2D eigenvalue weighted by atomic mass is 10.1. The number of aryl methyl sites for hydroxylation is 1. The molecule has 1 N–H and O–H groups in total. The van der Waals surface area contributed by atoms with Gasteiger partial charge < -0.3 is 9.88 Å². The van der Waals surface area contributed by atoms with E-state index in [4.69, 9.17) is 0 Å². The quantitative estimate of drug-likeness (QED) is 0.448. The summed E-state index contributed by atoms with van der Waals surface area (Å²) in [6.45, 7) is 2.67. The van der Waals surface area contributed by atoms with Gasteiger partial charge in [-0.2, -0.15) is 5.10 Å². The molecule has 1 amide bonds. The van der Waals surface area contributed by atoms with Crippen molar-refractivity contribution in [1.82, 2.24) is 24.6 Å². The lowest BCUT2D eigenvalue weighted by Gasteiger charge is -2.18. The molecule has 0 bridgehead atoms. The number of benzene rings is 1. The molecule has 0 saturated heterocycles. The van der Waals surface area contributed by atoms with Crippen molar-refractivity contribution in [2.75, 3.05) is 7.05 Å². The van der Waals surface area contributed by atoms with E-state index in [1.54, 1.807) is 37.4 Å². The number of amides is 1. The zero-order valence-corrected chi connectivity index (χ0v) is 18.2. The predicted octanol–water partition coefficient (Wildman–Crippen LogP) is 3.16. The van der Waals surface area contributed by atoms with Crippen LogP contribution >= 0.6 is 11.3 Å². The highest BCUT2D eigenvalue weighted by atomic mass is 32.1. The molecule has 160 valence electrons. The second-order valence-electron chi connectivity index (χ2n) is 7.44. The van der Waals surface area contributed by atoms with Gasteiger partial charge in [-0.3, -0.25) is 14.4 Å². The van der Waals surface area contributed by atoms with E-state index in [0.29, 0.717) is 33.4 Å². The number of nitrogens with one attached hydrogen (secondary N) is 1. The third-order valence-electron chi connectivity index (χ3n) is 5.14. The molecule has 0 saturated carbocycles. The number of fused-ring (bicyclic) bond motifs is 2. The lowest BCUT2D eigenvalue weighted by Crippen LogP contribution is -2.32. The fraction of sp³-hybridized carbons (Fsp3) is 0.318. The minimum Gasteiger partial charge on any atom is -0.333 e. The number of aromatic amines is 1. The Bertz CT molecular complexity index is 1370. The maximum Gasteiger partial charge on any atom is 0.275 e. The van der Waals surface area contributed by atoms with Crippen LogP contribution in [-0.4, -0.2) is 37.6 Å². The van der Waals surface area contributed by atoms with Crippen molar-refractivity contribution in [1.29, 1.82) is 0 Å². The minimum atomic E-state index is -0.339. The first kappa shape index (κ1) is 20.9. The van der Waals surface area contributed by atoms with Crippen LogP contribution in [-0.2, 0) is 13.1 Å². The van der Waals surface area contributed by atoms with E-state index in [0.717, 1.165) is 19.3 Å². The Hall–Kier alpha value is -3.33. The molecule has 0 aliphatic carbocycles. The van der Waals surface area contributed by atoms with E-state index < -0.39 is 0 Å². The summed E-state index contributed by atoms with van der Waals surface area (Å²) in [6.07, 6.45) is 2.82. The van der Waals surface area contributed by atoms with Crippen molar-refractivity contribution < 1.29 is 4.79 Å². The summed E-state index contributed by atoms with van der Waals surface area (Å²) in [6, 6.07) is 8.80. The Balaban J connectivity index is 1.69. The summed E-state index contributed by atoms with van der Waals surface area (Å²) in [4.78, 5) is 47.0. The molecule has 9 heteroatoms. The summed E-state index contributed by atoms with van der Waals surface area (Å²) in [5, 5.41) is 7.21. The number of nitrogens with zero attached hydrogens (tertiary/aromatic N) is 4. The van der Waals surface area contributed by atoms with Crippen molar-refractivity contribution in [3.05, 3.63) is 67.9 Å². The Morgan fingerprint density at radius 1 is 1.16 bits per heavy atom. The third-order valence-corrected chi connectivity index (χ3v) is 6.04. The first-order valence-corrected chi connectivity index (χ1v) is 11.1. The van der Waals surface area contributed by atoms with Gasteiger partial charge in [-0.1, -0.05) is 38.0 Å². The highest BCUT2D eigenvalue weighted by Crippen LogP contribution is 2.17. The summed E-state index contributed by atoms with van der Waals surface area (Å²) in [7, 11) is 1.63. The topological polar surface area (TPSA) is 101 Å². The van der Waals surface area contributed by atoms with E-state index in [1.807, 2.05) is 5.38 Å². The van der Waals surface area contributed by atoms with Crippen molar-refractivity contribution in [3.63, 3.8) is 0 Å². The second-order valence-corrected chi connectivity index (χ2v) is 8.35. The van der Waals surface area contributed by atoms with Crippen LogP contribution in [0.1, 0.15) is 42.5 Å². The van der Waals surface area contributed by atoms with E-state index in [-0.39, 0.29) is 29.3 Å². The number of hydrogen-bond donors (Lipinski definition) is 1. The number of unbranched alkanes of at least 4 members (excludes halogenated alkanes) is 2. The first-order valence-electron chi connectivity index (χ1n) is 10.2. The largest absolute Gasteiger partial charge is 0.333 e. The Kier molecular flexibility index (Phi) is 5.94. The van der Waals surface area contributed by atoms with Crippen LogP contribution in [0.5, 0.6) is 0 Å². The van der Waals surface area contributed by atoms with Gasteiger partial charge in [0.1, 0.15) is 10.5 Å². The van der Waals surface area contributed by atoms with Crippen molar-refractivity contribution in [3.8, 4) is 0 Å². The standard InChI is InChI=1S/C22H23N5O3S/c1-3-4-7-11-27-21(29)15-9-6-5-8-14(15)18(25-27)22(30)26(2)13-17-23-16-10-12-31-19(16)20(28)24-17/h5-6,8-10,12H,3-4,7,11,13H2,1-2H3,(H,23,24,28). The zero-order chi connectivity index (χ0) is 22.0. The Labute approximate surface area is 182 Å². The zero-order valence-electron chi connectivity index (χ0n) is 17.4. The second kappa shape index (κ2) is 8.81. The fourth-order valence-electron chi connectivity index (χ4n) is 3.53. The average molecular weight is 438 g/mol. The van der Waals surface area contributed by atoms with Gasteiger partial charge in [-0.25, -0.2) is 9.67 Å². The number of hydrogen-bond acceptors (Lipinski definition) is 6. The van der Waals surface area contributed by atoms with Crippen molar-refractivity contribution >= 4 is 38.2 Å². The minimum absolute atomic E-state index is 0.116. The molecular weight excluding hydrogens is 414 g/mol. The molecule has 0 aliphatic rings. The maximum absolute atomic E-state index is 13.3. The van der Waals surface area contributed by atoms with Crippen LogP contribution in [0.15, 0.2) is 45.3 Å². The smallest absolute Gasteiger partial charge is 0.275 e. The van der Waals surface area contributed by atoms with Gasteiger partial charge in [0, 0.05) is 19.0 Å². The van der Waals surface area contributed by atoms with Gasteiger partial charge in [0.2, 0.25) is 0 Å². The summed E-state index contributed by atoms with van der Waals surface area (Å²) in [5.41, 5.74) is 0.412. The Morgan fingerprint density at radius 3 is 2.71 bits per heavy atom. The number of rotatable bonds is 7.